The van der Waals surface area contributed by atoms with Gasteiger partial charge < -0.3 is 4.90 Å². The van der Waals surface area contributed by atoms with Crippen molar-refractivity contribution < 1.29 is 0 Å². The van der Waals surface area contributed by atoms with E-state index in [1.807, 2.05) is 0 Å². The summed E-state index contributed by atoms with van der Waals surface area (Å²) in [7, 11) is 0. The highest BCUT2D eigenvalue weighted by atomic mass is 15.2. The number of rotatable bonds is 0. The van der Waals surface area contributed by atoms with Crippen molar-refractivity contribution in [3.8, 4) is 22.3 Å². The van der Waals surface area contributed by atoms with Crippen LogP contribution in [0.2, 0.25) is 0 Å². The minimum atomic E-state index is 0.177. The van der Waals surface area contributed by atoms with Crippen molar-refractivity contribution in [2.75, 3.05) is 4.90 Å². The molecule has 2 heterocycles. The third kappa shape index (κ3) is 2.22. The topological polar surface area (TPSA) is 3.24 Å². The summed E-state index contributed by atoms with van der Waals surface area (Å²) in [5.41, 5.74) is 23.2. The van der Waals surface area contributed by atoms with Crippen LogP contribution in [0.5, 0.6) is 0 Å². The van der Waals surface area contributed by atoms with Crippen molar-refractivity contribution in [3.05, 3.63) is 128 Å². The minimum Gasteiger partial charge on any atom is -0.329 e. The molecule has 6 aliphatic rings. The highest BCUT2D eigenvalue weighted by Gasteiger charge is 2.43. The Hall–Kier alpha value is -4.36. The molecule has 0 N–H and O–H groups in total. The molecule has 4 aliphatic carbocycles. The van der Waals surface area contributed by atoms with Crippen molar-refractivity contribution in [2.45, 2.75) is 31.7 Å². The maximum atomic E-state index is 2.70. The van der Waals surface area contributed by atoms with Crippen molar-refractivity contribution >= 4 is 35.7 Å². The molecule has 178 valence electrons. The molecule has 38 heavy (non-hydrogen) atoms. The van der Waals surface area contributed by atoms with E-state index in [1.54, 1.807) is 0 Å². The van der Waals surface area contributed by atoms with Crippen LogP contribution in [-0.4, -0.2) is 0 Å². The normalized spacial score (nSPS) is 17.5. The van der Waals surface area contributed by atoms with Gasteiger partial charge in [0.05, 0.1) is 17.4 Å². The maximum absolute atomic E-state index is 2.70. The minimum absolute atomic E-state index is 0.177. The first-order valence-electron chi connectivity index (χ1n) is 14.0. The zero-order valence-corrected chi connectivity index (χ0v) is 21.1. The summed E-state index contributed by atoms with van der Waals surface area (Å²) in [6, 6.07) is 19.4. The Morgan fingerprint density at radius 3 is 1.21 bits per heavy atom. The number of fused-ring (bicyclic) bond motifs is 19. The second-order valence-corrected chi connectivity index (χ2v) is 11.4. The van der Waals surface area contributed by atoms with Crippen molar-refractivity contribution in [1.29, 1.82) is 0 Å². The second kappa shape index (κ2) is 6.74. The summed E-state index contributed by atoms with van der Waals surface area (Å²) in [6.07, 6.45) is 22.7. The Kier molecular flexibility index (Phi) is 3.49. The fourth-order valence-electron chi connectivity index (χ4n) is 8.25. The van der Waals surface area contributed by atoms with Crippen molar-refractivity contribution in [3.63, 3.8) is 0 Å². The Morgan fingerprint density at radius 2 is 0.789 bits per heavy atom. The van der Waals surface area contributed by atoms with Gasteiger partial charge in [0.25, 0.3) is 0 Å². The molecule has 1 heteroatoms. The quantitative estimate of drug-likeness (QED) is 0.241. The van der Waals surface area contributed by atoms with Gasteiger partial charge in [-0.2, -0.15) is 0 Å². The molecule has 2 aliphatic heterocycles. The predicted octanol–water partition coefficient (Wildman–Crippen LogP) is 8.85. The molecule has 4 aromatic carbocycles. The molecular formula is C37H25N. The molecule has 0 spiro atoms. The van der Waals surface area contributed by atoms with E-state index in [0.717, 1.165) is 25.7 Å². The van der Waals surface area contributed by atoms with Crippen LogP contribution in [0.1, 0.15) is 61.7 Å². The van der Waals surface area contributed by atoms with E-state index in [2.05, 4.69) is 102 Å². The lowest BCUT2D eigenvalue weighted by Gasteiger charge is -2.47. The fraction of sp³-hybridized carbons (Fsp3) is 0.135. The van der Waals surface area contributed by atoms with Crippen LogP contribution in [0, 0.1) is 0 Å². The van der Waals surface area contributed by atoms with Crippen LogP contribution in [0.3, 0.4) is 0 Å². The molecule has 10 rings (SSSR count). The van der Waals surface area contributed by atoms with Crippen molar-refractivity contribution in [1.82, 2.24) is 0 Å². The molecule has 0 bridgehead atoms. The largest absolute Gasteiger partial charge is 0.329 e. The van der Waals surface area contributed by atoms with Gasteiger partial charge in [-0.05, 0) is 105 Å². The molecule has 0 amide bonds. The fourth-order valence-corrected chi connectivity index (χ4v) is 8.25. The van der Waals surface area contributed by atoms with Gasteiger partial charge in [-0.15, -0.1) is 0 Å². The lowest BCUT2D eigenvalue weighted by atomic mass is 9.73. The zero-order valence-electron chi connectivity index (χ0n) is 21.1. The first kappa shape index (κ1) is 19.7. The van der Waals surface area contributed by atoms with E-state index < -0.39 is 0 Å². The van der Waals surface area contributed by atoms with E-state index in [1.165, 1.54) is 89.3 Å². The summed E-state index contributed by atoms with van der Waals surface area (Å²) >= 11 is 0. The zero-order chi connectivity index (χ0) is 24.5. The number of allylic oxidation sites excluding steroid dienone is 4. The molecule has 0 saturated heterocycles. The van der Waals surface area contributed by atoms with Crippen molar-refractivity contribution in [2.24, 2.45) is 0 Å². The van der Waals surface area contributed by atoms with Crippen LogP contribution >= 0.6 is 0 Å². The molecular weight excluding hydrogens is 458 g/mol. The number of anilines is 2. The van der Waals surface area contributed by atoms with E-state index in [4.69, 9.17) is 0 Å². The highest BCUT2D eigenvalue weighted by Crippen LogP contribution is 2.61. The Balaban J connectivity index is 1.37. The Bertz CT molecular complexity index is 1650. The van der Waals surface area contributed by atoms with Gasteiger partial charge >= 0.3 is 0 Å². The number of benzene rings is 4. The van der Waals surface area contributed by atoms with Gasteiger partial charge in [0.2, 0.25) is 0 Å². The van der Waals surface area contributed by atoms with Gasteiger partial charge in [0.15, 0.2) is 0 Å². The number of hydrogen-bond donors (Lipinski definition) is 0. The van der Waals surface area contributed by atoms with Crippen LogP contribution in [0.4, 0.5) is 11.4 Å². The van der Waals surface area contributed by atoms with E-state index in [-0.39, 0.29) is 6.04 Å². The third-order valence-corrected chi connectivity index (χ3v) is 9.76. The van der Waals surface area contributed by atoms with Gasteiger partial charge in [-0.3, -0.25) is 0 Å². The average Bonchev–Trinajstić information content (AvgIpc) is 3.77. The summed E-state index contributed by atoms with van der Waals surface area (Å²) in [6.45, 7) is 0. The van der Waals surface area contributed by atoms with E-state index in [9.17, 15) is 0 Å². The molecule has 0 aromatic heterocycles. The molecule has 0 saturated carbocycles. The van der Waals surface area contributed by atoms with Gasteiger partial charge in [0.1, 0.15) is 0 Å². The van der Waals surface area contributed by atoms with E-state index >= 15 is 0 Å². The highest BCUT2D eigenvalue weighted by molar-refractivity contribution is 6.03. The smallest absolute Gasteiger partial charge is 0.0857 e. The first-order valence-corrected chi connectivity index (χ1v) is 14.0. The molecule has 1 nitrogen and oxygen atoms in total. The molecule has 0 atom stereocenters. The van der Waals surface area contributed by atoms with Crippen LogP contribution in [0.15, 0.2) is 72.8 Å². The SMILES string of the molecule is C1=Cc2ccc3c(c2C1)-c1c(ccc2c1CC=C2)N1c2ccc4c(c2-c2c(ccc5c2CC=C5)C31)CC=C4. The van der Waals surface area contributed by atoms with Gasteiger partial charge in [0, 0.05) is 11.1 Å². The van der Waals surface area contributed by atoms with Crippen LogP contribution < -0.4 is 4.90 Å². The van der Waals surface area contributed by atoms with Gasteiger partial charge in [-0.25, -0.2) is 0 Å². The number of nitrogens with zero attached hydrogens (tertiary/aromatic N) is 1. The van der Waals surface area contributed by atoms with Crippen LogP contribution in [-0.2, 0) is 25.7 Å². The Morgan fingerprint density at radius 1 is 0.421 bits per heavy atom. The predicted molar refractivity (Wildman–Crippen MR) is 159 cm³/mol. The van der Waals surface area contributed by atoms with Gasteiger partial charge in [-0.1, -0.05) is 85.0 Å². The summed E-state index contributed by atoms with van der Waals surface area (Å²) in [4.78, 5) is 2.70. The average molecular weight is 484 g/mol. The number of hydrogen-bond acceptors (Lipinski definition) is 1. The first-order chi connectivity index (χ1) is 18.9. The lowest BCUT2D eigenvalue weighted by Crippen LogP contribution is -2.34. The molecule has 0 radical (unpaired) electrons. The summed E-state index contributed by atoms with van der Waals surface area (Å²) in [5.74, 6) is 0. The second-order valence-electron chi connectivity index (χ2n) is 11.4. The third-order valence-electron chi connectivity index (χ3n) is 9.76. The molecule has 0 fully saturated rings. The summed E-state index contributed by atoms with van der Waals surface area (Å²) < 4.78 is 0. The maximum Gasteiger partial charge on any atom is 0.0857 e. The Labute approximate surface area is 222 Å². The standard InChI is InChI=1S/C37H25N/c1-5-21-13-17-29-33(25(21)9-1)35-27-11-3-7-23(27)15-19-31(35)38-32-20-16-24-8-4-12-28(24)36(32)34-26-10-2-6-22(26)14-18-30(34)37(29)38/h1-8,13-20,37H,9-12H2. The molecule has 4 aromatic rings. The lowest BCUT2D eigenvalue weighted by molar-refractivity contribution is 0.796. The van der Waals surface area contributed by atoms with E-state index in [0.29, 0.717) is 0 Å². The molecule has 0 unspecified atom stereocenters. The monoisotopic (exact) mass is 483 g/mol. The van der Waals surface area contributed by atoms with Crippen LogP contribution in [0.25, 0.3) is 46.6 Å². The summed E-state index contributed by atoms with van der Waals surface area (Å²) in [5, 5.41) is 0.